The molecule has 0 fully saturated rings. The molecule has 1 amide bonds. The van der Waals surface area contributed by atoms with E-state index in [2.05, 4.69) is 5.10 Å². The number of nitrogens with zero attached hydrogens (tertiary/aromatic N) is 2. The Labute approximate surface area is 194 Å². The number of furan rings is 1. The van der Waals surface area contributed by atoms with Crippen LogP contribution in [0, 0.1) is 0 Å². The number of sulfonamides is 1. The molecule has 0 spiro atoms. The first-order chi connectivity index (χ1) is 15.7. The van der Waals surface area contributed by atoms with Crippen molar-refractivity contribution in [1.82, 2.24) is 5.01 Å². The number of nitrogens with two attached hydrogens (primary N) is 1. The van der Waals surface area contributed by atoms with E-state index in [9.17, 15) is 18.0 Å². The molecule has 2 aromatic carbocycles. The third-order valence-electron chi connectivity index (χ3n) is 4.96. The summed E-state index contributed by atoms with van der Waals surface area (Å²) in [6.07, 6.45) is 1.91. The molecule has 0 saturated heterocycles. The fourth-order valence-corrected chi connectivity index (χ4v) is 3.96. The van der Waals surface area contributed by atoms with Crippen molar-refractivity contribution in [3.8, 4) is 0 Å². The van der Waals surface area contributed by atoms with Gasteiger partial charge in [-0.1, -0.05) is 23.7 Å². The predicted molar refractivity (Wildman–Crippen MR) is 119 cm³/mol. The van der Waals surface area contributed by atoms with E-state index in [0.717, 1.165) is 5.56 Å². The average molecular weight is 488 g/mol. The van der Waals surface area contributed by atoms with E-state index >= 15 is 0 Å². The van der Waals surface area contributed by atoms with Gasteiger partial charge in [0.1, 0.15) is 11.8 Å². The second-order valence-corrected chi connectivity index (χ2v) is 9.17. The Kier molecular flexibility index (Phi) is 6.32. The first-order valence-electron chi connectivity index (χ1n) is 9.71. The number of benzene rings is 2. The first-order valence-corrected chi connectivity index (χ1v) is 11.6. The van der Waals surface area contributed by atoms with Gasteiger partial charge in [-0.05, 0) is 54.1 Å². The Morgan fingerprint density at radius 1 is 1.12 bits per heavy atom. The number of amides is 1. The van der Waals surface area contributed by atoms with Crippen molar-refractivity contribution in [2.75, 3.05) is 6.61 Å². The Morgan fingerprint density at radius 2 is 1.82 bits per heavy atom. The highest BCUT2D eigenvalue weighted by atomic mass is 35.5. The Hall–Kier alpha value is -3.47. The van der Waals surface area contributed by atoms with Crippen LogP contribution < -0.4 is 5.14 Å². The number of carbonyl (C=O) groups is 2. The van der Waals surface area contributed by atoms with Crippen molar-refractivity contribution in [3.05, 3.63) is 88.8 Å². The summed E-state index contributed by atoms with van der Waals surface area (Å²) in [6.45, 7) is -0.565. The minimum absolute atomic E-state index is 0.0737. The number of esters is 1. The number of hydrogen-bond donors (Lipinski definition) is 1. The van der Waals surface area contributed by atoms with E-state index in [1.165, 1.54) is 35.5 Å². The van der Waals surface area contributed by atoms with E-state index < -0.39 is 34.5 Å². The standard InChI is InChI=1S/C22H18ClN3O6S/c23-16-7-3-14(4-8-16)18-12-19(20-2-1-11-31-20)26(25-18)21(27)13-32-22(28)15-5-9-17(10-6-15)33(24,29)30/h1-11,19H,12-13H2,(H2,24,29,30). The summed E-state index contributed by atoms with van der Waals surface area (Å²) in [5.74, 6) is -0.796. The van der Waals surface area contributed by atoms with Gasteiger partial charge in [0.25, 0.3) is 5.91 Å². The van der Waals surface area contributed by atoms with Gasteiger partial charge in [-0.15, -0.1) is 0 Å². The number of ether oxygens (including phenoxy) is 1. The summed E-state index contributed by atoms with van der Waals surface area (Å²) in [5.41, 5.74) is 1.54. The quantitative estimate of drug-likeness (QED) is 0.531. The van der Waals surface area contributed by atoms with Crippen LogP contribution in [0.4, 0.5) is 0 Å². The highest BCUT2D eigenvalue weighted by Gasteiger charge is 2.35. The molecule has 1 aliphatic heterocycles. The van der Waals surface area contributed by atoms with E-state index in [1.54, 1.807) is 36.4 Å². The van der Waals surface area contributed by atoms with Crippen LogP contribution in [0.5, 0.6) is 0 Å². The average Bonchev–Trinajstić information content (AvgIpc) is 3.47. The fourth-order valence-electron chi connectivity index (χ4n) is 3.32. The second-order valence-electron chi connectivity index (χ2n) is 7.17. The van der Waals surface area contributed by atoms with Crippen molar-refractivity contribution in [3.63, 3.8) is 0 Å². The summed E-state index contributed by atoms with van der Waals surface area (Å²) >= 11 is 5.96. The van der Waals surface area contributed by atoms with Gasteiger partial charge in [0.2, 0.25) is 10.0 Å². The molecule has 1 atom stereocenters. The van der Waals surface area contributed by atoms with Crippen LogP contribution in [0.25, 0.3) is 0 Å². The third kappa shape index (κ3) is 5.14. The number of rotatable bonds is 6. The molecule has 11 heteroatoms. The van der Waals surface area contributed by atoms with Gasteiger partial charge in [-0.25, -0.2) is 23.4 Å². The fraction of sp³-hybridized carbons (Fsp3) is 0.136. The minimum atomic E-state index is -3.88. The van der Waals surface area contributed by atoms with E-state index in [-0.39, 0.29) is 10.5 Å². The largest absolute Gasteiger partial charge is 0.467 e. The van der Waals surface area contributed by atoms with Gasteiger partial charge in [0, 0.05) is 11.4 Å². The van der Waals surface area contributed by atoms with Gasteiger partial charge in [0.15, 0.2) is 6.61 Å². The van der Waals surface area contributed by atoms with Crippen LogP contribution >= 0.6 is 11.6 Å². The zero-order chi connectivity index (χ0) is 23.6. The molecule has 2 N–H and O–H groups in total. The molecule has 0 aliphatic carbocycles. The molecular weight excluding hydrogens is 470 g/mol. The Bertz CT molecular complexity index is 1300. The van der Waals surface area contributed by atoms with Gasteiger partial charge < -0.3 is 9.15 Å². The molecule has 0 bridgehead atoms. The lowest BCUT2D eigenvalue weighted by atomic mass is 10.0. The summed E-state index contributed by atoms with van der Waals surface area (Å²) < 4.78 is 33.3. The van der Waals surface area contributed by atoms with Crippen molar-refractivity contribution in [1.29, 1.82) is 0 Å². The molecule has 1 aliphatic rings. The predicted octanol–water partition coefficient (Wildman–Crippen LogP) is 3.12. The summed E-state index contributed by atoms with van der Waals surface area (Å²) in [4.78, 5) is 25.1. The topological polar surface area (TPSA) is 132 Å². The van der Waals surface area contributed by atoms with E-state index in [4.69, 9.17) is 25.9 Å². The molecule has 3 aromatic rings. The maximum atomic E-state index is 12.9. The number of hydrogen-bond acceptors (Lipinski definition) is 7. The van der Waals surface area contributed by atoms with Crippen molar-refractivity contribution in [2.45, 2.75) is 17.4 Å². The highest BCUT2D eigenvalue weighted by Crippen LogP contribution is 2.33. The van der Waals surface area contributed by atoms with Gasteiger partial charge in [-0.3, -0.25) is 4.79 Å². The van der Waals surface area contributed by atoms with Crippen molar-refractivity contribution >= 4 is 39.2 Å². The molecule has 0 radical (unpaired) electrons. The monoisotopic (exact) mass is 487 g/mol. The molecule has 9 nitrogen and oxygen atoms in total. The molecule has 1 aromatic heterocycles. The lowest BCUT2D eigenvalue weighted by Crippen LogP contribution is -2.31. The zero-order valence-corrected chi connectivity index (χ0v) is 18.6. The van der Waals surface area contributed by atoms with Crippen LogP contribution in [-0.4, -0.2) is 37.6 Å². The third-order valence-corrected chi connectivity index (χ3v) is 6.14. The molecule has 33 heavy (non-hydrogen) atoms. The number of hydrazone groups is 1. The maximum Gasteiger partial charge on any atom is 0.338 e. The molecule has 2 heterocycles. The zero-order valence-electron chi connectivity index (χ0n) is 17.0. The number of halogens is 1. The number of primary sulfonamides is 1. The summed E-state index contributed by atoms with van der Waals surface area (Å²) in [7, 11) is -3.88. The number of carbonyl (C=O) groups excluding carboxylic acids is 2. The normalized spacial score (nSPS) is 15.9. The lowest BCUT2D eigenvalue weighted by molar-refractivity contribution is -0.136. The van der Waals surface area contributed by atoms with Crippen LogP contribution in [0.15, 0.2) is 81.3 Å². The highest BCUT2D eigenvalue weighted by molar-refractivity contribution is 7.89. The smallest absolute Gasteiger partial charge is 0.338 e. The van der Waals surface area contributed by atoms with E-state index in [0.29, 0.717) is 22.9 Å². The minimum Gasteiger partial charge on any atom is -0.467 e. The second kappa shape index (κ2) is 9.18. The lowest BCUT2D eigenvalue weighted by Gasteiger charge is -2.19. The van der Waals surface area contributed by atoms with Crippen LogP contribution in [0.2, 0.25) is 5.02 Å². The molecule has 0 saturated carbocycles. The van der Waals surface area contributed by atoms with Crippen molar-refractivity contribution < 1.29 is 27.2 Å². The summed E-state index contributed by atoms with van der Waals surface area (Å²) in [5, 5.41) is 11.3. The maximum absolute atomic E-state index is 12.9. The molecular formula is C22H18ClN3O6S. The van der Waals surface area contributed by atoms with Crippen LogP contribution in [0.1, 0.15) is 34.1 Å². The van der Waals surface area contributed by atoms with Crippen LogP contribution in [0.3, 0.4) is 0 Å². The van der Waals surface area contributed by atoms with Crippen molar-refractivity contribution in [2.24, 2.45) is 10.2 Å². The molecule has 1 unspecified atom stereocenters. The molecule has 170 valence electrons. The van der Waals surface area contributed by atoms with Gasteiger partial charge in [0.05, 0.1) is 22.4 Å². The van der Waals surface area contributed by atoms with Gasteiger partial charge >= 0.3 is 5.97 Å². The Morgan fingerprint density at radius 3 is 2.42 bits per heavy atom. The SMILES string of the molecule is NS(=O)(=O)c1ccc(C(=O)OCC(=O)N2N=C(c3ccc(Cl)cc3)CC2c2ccco2)cc1. The van der Waals surface area contributed by atoms with E-state index in [1.807, 2.05) is 0 Å². The summed E-state index contributed by atoms with van der Waals surface area (Å²) in [6, 6.07) is 14.9. The Balaban J connectivity index is 1.48. The first kappa shape index (κ1) is 22.7. The molecule has 4 rings (SSSR count). The van der Waals surface area contributed by atoms with Gasteiger partial charge in [-0.2, -0.15) is 5.10 Å². The van der Waals surface area contributed by atoms with Crippen LogP contribution in [-0.2, 0) is 19.6 Å².